The maximum absolute atomic E-state index is 11.7. The molecule has 0 bridgehead atoms. The van der Waals surface area contributed by atoms with E-state index in [9.17, 15) is 9.59 Å². The summed E-state index contributed by atoms with van der Waals surface area (Å²) < 4.78 is 6.19. The molecule has 1 aromatic rings. The predicted octanol–water partition coefficient (Wildman–Crippen LogP) is 2.99. The van der Waals surface area contributed by atoms with Gasteiger partial charge in [-0.1, -0.05) is 41.3 Å². The molecule has 3 amide bonds. The zero-order valence-electron chi connectivity index (χ0n) is 11.7. The van der Waals surface area contributed by atoms with E-state index in [2.05, 4.69) is 26.6 Å². The third-order valence-corrected chi connectivity index (χ3v) is 3.85. The summed E-state index contributed by atoms with van der Waals surface area (Å²) in [7, 11) is 0. The van der Waals surface area contributed by atoms with Crippen LogP contribution in [0.2, 0.25) is 0 Å². The second kappa shape index (κ2) is 8.02. The smallest absolute Gasteiger partial charge is 0.321 e. The van der Waals surface area contributed by atoms with Crippen LogP contribution in [-0.2, 0) is 4.79 Å². The molecule has 0 saturated heterocycles. The Morgan fingerprint density at radius 1 is 1.24 bits per heavy atom. The molecule has 114 valence electrons. The average Bonchev–Trinajstić information content (AvgIpc) is 2.46. The zero-order chi connectivity index (χ0) is 15.1. The van der Waals surface area contributed by atoms with Gasteiger partial charge in [0.1, 0.15) is 5.75 Å². The van der Waals surface area contributed by atoms with Crippen LogP contribution in [-0.4, -0.2) is 24.6 Å². The number of nitrogens with one attached hydrogen (secondary N) is 2. The largest absolute Gasteiger partial charge is 0.484 e. The fourth-order valence-electron chi connectivity index (χ4n) is 2.34. The van der Waals surface area contributed by atoms with Crippen molar-refractivity contribution in [2.75, 3.05) is 6.61 Å². The number of amides is 3. The molecular formula is C15H19BrN2O3. The lowest BCUT2D eigenvalue weighted by Crippen LogP contribution is -2.46. The molecule has 0 spiro atoms. The van der Waals surface area contributed by atoms with Gasteiger partial charge in [0.05, 0.1) is 0 Å². The summed E-state index contributed by atoms with van der Waals surface area (Å²) in [6.45, 7) is -0.186. The fourth-order valence-corrected chi connectivity index (χ4v) is 2.72. The molecule has 21 heavy (non-hydrogen) atoms. The van der Waals surface area contributed by atoms with Crippen LogP contribution in [0.15, 0.2) is 28.7 Å². The highest BCUT2D eigenvalue weighted by Crippen LogP contribution is 2.18. The molecule has 2 rings (SSSR count). The lowest BCUT2D eigenvalue weighted by atomic mass is 9.96. The van der Waals surface area contributed by atoms with Crippen LogP contribution >= 0.6 is 15.9 Å². The predicted molar refractivity (Wildman–Crippen MR) is 83.2 cm³/mol. The number of hydrogen-bond donors (Lipinski definition) is 2. The van der Waals surface area contributed by atoms with E-state index in [1.165, 1.54) is 6.42 Å². The molecule has 1 saturated carbocycles. The quantitative estimate of drug-likeness (QED) is 0.873. The number of ether oxygens (including phenoxy) is 1. The van der Waals surface area contributed by atoms with Gasteiger partial charge in [-0.3, -0.25) is 10.1 Å². The van der Waals surface area contributed by atoms with E-state index in [-0.39, 0.29) is 12.6 Å². The van der Waals surface area contributed by atoms with Gasteiger partial charge in [0, 0.05) is 10.5 Å². The van der Waals surface area contributed by atoms with Crippen LogP contribution in [0.3, 0.4) is 0 Å². The number of urea groups is 1. The highest BCUT2D eigenvalue weighted by molar-refractivity contribution is 9.10. The Hall–Kier alpha value is -1.56. The number of hydrogen-bond acceptors (Lipinski definition) is 3. The molecule has 2 N–H and O–H groups in total. The van der Waals surface area contributed by atoms with E-state index in [4.69, 9.17) is 4.74 Å². The third kappa shape index (κ3) is 5.75. The van der Waals surface area contributed by atoms with E-state index < -0.39 is 11.9 Å². The lowest BCUT2D eigenvalue weighted by molar-refractivity contribution is -0.122. The first-order valence-corrected chi connectivity index (χ1v) is 7.91. The van der Waals surface area contributed by atoms with Gasteiger partial charge in [-0.15, -0.1) is 0 Å². The van der Waals surface area contributed by atoms with E-state index in [0.717, 1.165) is 30.2 Å². The Morgan fingerprint density at radius 3 is 2.71 bits per heavy atom. The maximum atomic E-state index is 11.7. The van der Waals surface area contributed by atoms with Crippen molar-refractivity contribution in [3.8, 4) is 5.75 Å². The van der Waals surface area contributed by atoms with E-state index in [1.807, 2.05) is 12.1 Å². The number of imide groups is 1. The van der Waals surface area contributed by atoms with Gasteiger partial charge in [-0.2, -0.15) is 0 Å². The SMILES string of the molecule is O=C(COc1cccc(Br)c1)NC(=O)NC1CCCCC1. The van der Waals surface area contributed by atoms with Gasteiger partial charge in [-0.25, -0.2) is 4.79 Å². The van der Waals surface area contributed by atoms with Gasteiger partial charge in [0.25, 0.3) is 5.91 Å². The summed E-state index contributed by atoms with van der Waals surface area (Å²) in [4.78, 5) is 23.3. The molecular weight excluding hydrogens is 336 g/mol. The first-order chi connectivity index (χ1) is 10.1. The molecule has 1 aliphatic rings. The molecule has 6 heteroatoms. The van der Waals surface area contributed by atoms with Crippen molar-refractivity contribution < 1.29 is 14.3 Å². The Balaban J connectivity index is 1.70. The first-order valence-electron chi connectivity index (χ1n) is 7.12. The number of carbonyl (C=O) groups excluding carboxylic acids is 2. The molecule has 1 aromatic carbocycles. The highest BCUT2D eigenvalue weighted by atomic mass is 79.9. The Kier molecular flexibility index (Phi) is 6.04. The van der Waals surface area contributed by atoms with Crippen molar-refractivity contribution in [2.45, 2.75) is 38.1 Å². The minimum Gasteiger partial charge on any atom is -0.484 e. The average molecular weight is 355 g/mol. The molecule has 0 heterocycles. The summed E-state index contributed by atoms with van der Waals surface area (Å²) in [5, 5.41) is 5.11. The van der Waals surface area contributed by atoms with Crippen LogP contribution in [0.5, 0.6) is 5.75 Å². The number of rotatable bonds is 4. The monoisotopic (exact) mass is 354 g/mol. The van der Waals surface area contributed by atoms with Crippen LogP contribution in [0, 0.1) is 0 Å². The van der Waals surface area contributed by atoms with E-state index >= 15 is 0 Å². The van der Waals surface area contributed by atoms with Gasteiger partial charge < -0.3 is 10.1 Å². The lowest BCUT2D eigenvalue weighted by Gasteiger charge is -2.22. The summed E-state index contributed by atoms with van der Waals surface area (Å²) in [5.41, 5.74) is 0. The van der Waals surface area contributed by atoms with Gasteiger partial charge in [0.2, 0.25) is 0 Å². The van der Waals surface area contributed by atoms with Gasteiger partial charge in [-0.05, 0) is 31.0 Å². The van der Waals surface area contributed by atoms with Crippen molar-refractivity contribution in [2.24, 2.45) is 0 Å². The fraction of sp³-hybridized carbons (Fsp3) is 0.467. The molecule has 0 radical (unpaired) electrons. The summed E-state index contributed by atoms with van der Waals surface area (Å²) in [5.74, 6) is 0.121. The summed E-state index contributed by atoms with van der Waals surface area (Å²) in [6, 6.07) is 6.93. The van der Waals surface area contributed by atoms with Crippen molar-refractivity contribution >= 4 is 27.9 Å². The van der Waals surface area contributed by atoms with Gasteiger partial charge in [0.15, 0.2) is 6.61 Å². The maximum Gasteiger partial charge on any atom is 0.321 e. The van der Waals surface area contributed by atoms with Gasteiger partial charge >= 0.3 is 6.03 Å². The molecule has 5 nitrogen and oxygen atoms in total. The minimum absolute atomic E-state index is 0.178. The van der Waals surface area contributed by atoms with Crippen molar-refractivity contribution in [1.29, 1.82) is 0 Å². The summed E-state index contributed by atoms with van der Waals surface area (Å²) >= 11 is 3.32. The second-order valence-electron chi connectivity index (χ2n) is 5.10. The van der Waals surface area contributed by atoms with E-state index in [1.54, 1.807) is 12.1 Å². The molecule has 0 unspecified atom stereocenters. The number of benzene rings is 1. The Morgan fingerprint density at radius 2 is 2.00 bits per heavy atom. The molecule has 0 aliphatic heterocycles. The second-order valence-corrected chi connectivity index (χ2v) is 6.02. The standard InChI is InChI=1S/C15H19BrN2O3/c16-11-5-4-8-13(9-11)21-10-14(19)18-15(20)17-12-6-2-1-3-7-12/h4-5,8-9,12H,1-3,6-7,10H2,(H2,17,18,19,20). The van der Waals surface area contributed by atoms with E-state index in [0.29, 0.717) is 5.75 Å². The number of halogens is 1. The van der Waals surface area contributed by atoms with Crippen LogP contribution in [0.4, 0.5) is 4.79 Å². The van der Waals surface area contributed by atoms with Crippen LogP contribution in [0.25, 0.3) is 0 Å². The normalized spacial score (nSPS) is 15.3. The molecule has 0 atom stereocenters. The van der Waals surface area contributed by atoms with Crippen molar-refractivity contribution in [1.82, 2.24) is 10.6 Å². The molecule has 0 aromatic heterocycles. The number of carbonyl (C=O) groups is 2. The van der Waals surface area contributed by atoms with Crippen LogP contribution in [0.1, 0.15) is 32.1 Å². The zero-order valence-corrected chi connectivity index (χ0v) is 13.3. The van der Waals surface area contributed by atoms with Crippen molar-refractivity contribution in [3.63, 3.8) is 0 Å². The Labute approximate surface area is 132 Å². The minimum atomic E-state index is -0.455. The topological polar surface area (TPSA) is 67.4 Å². The first kappa shape index (κ1) is 15.8. The molecule has 1 fully saturated rings. The Bertz CT molecular complexity index is 501. The van der Waals surface area contributed by atoms with Crippen molar-refractivity contribution in [3.05, 3.63) is 28.7 Å². The highest BCUT2D eigenvalue weighted by Gasteiger charge is 2.17. The summed E-state index contributed by atoms with van der Waals surface area (Å²) in [6.07, 6.45) is 5.45. The third-order valence-electron chi connectivity index (χ3n) is 3.36. The molecule has 1 aliphatic carbocycles. The van der Waals surface area contributed by atoms with Crippen LogP contribution < -0.4 is 15.4 Å².